The molecule has 0 radical (unpaired) electrons. The average Bonchev–Trinajstić information content (AvgIpc) is 2.38. The molecule has 1 N–H and O–H groups in total. The van der Waals surface area contributed by atoms with Crippen molar-refractivity contribution in [1.29, 1.82) is 0 Å². The molecule has 1 aliphatic heterocycles. The van der Waals surface area contributed by atoms with Gasteiger partial charge in [-0.2, -0.15) is 0 Å². The van der Waals surface area contributed by atoms with E-state index in [0.717, 1.165) is 28.6 Å². The van der Waals surface area contributed by atoms with Crippen LogP contribution in [0.4, 0.5) is 0 Å². The molecule has 1 atom stereocenters. The largest absolute Gasteiger partial charge is 0.466 e. The number of nitrogens with one attached hydrogen (secondary N) is 1. The Hall–Kier alpha value is -1.13. The van der Waals surface area contributed by atoms with Crippen LogP contribution in [-0.4, -0.2) is 19.6 Å². The summed E-state index contributed by atoms with van der Waals surface area (Å²) in [5, 5.41) is 3.37. The van der Waals surface area contributed by atoms with E-state index in [1.54, 1.807) is 0 Å². The number of hydrogen-bond donors (Lipinski definition) is 1. The molecule has 0 saturated heterocycles. The minimum atomic E-state index is -0.230. The van der Waals surface area contributed by atoms with Crippen molar-refractivity contribution in [3.05, 3.63) is 46.0 Å². The summed E-state index contributed by atoms with van der Waals surface area (Å²) < 4.78 is 5.79. The van der Waals surface area contributed by atoms with E-state index in [0.29, 0.717) is 0 Å². The maximum absolute atomic E-state index is 11.5. The molecular formula is C13H14BrNO2. The number of methoxy groups -OCH3 is 1. The van der Waals surface area contributed by atoms with Crippen molar-refractivity contribution in [3.63, 3.8) is 0 Å². The van der Waals surface area contributed by atoms with Crippen LogP contribution in [-0.2, 0) is 9.53 Å². The average molecular weight is 296 g/mol. The molecule has 1 aromatic carbocycles. The molecule has 3 nitrogen and oxygen atoms in total. The van der Waals surface area contributed by atoms with E-state index in [1.165, 1.54) is 7.11 Å². The smallest absolute Gasteiger partial charge is 0.333 e. The van der Waals surface area contributed by atoms with E-state index in [1.807, 2.05) is 30.3 Å². The van der Waals surface area contributed by atoms with Gasteiger partial charge in [0.25, 0.3) is 0 Å². The van der Waals surface area contributed by atoms with Crippen molar-refractivity contribution in [2.24, 2.45) is 0 Å². The number of halogens is 1. The second kappa shape index (κ2) is 5.47. The summed E-state index contributed by atoms with van der Waals surface area (Å²) in [4.78, 5) is 11.5. The second-order valence-electron chi connectivity index (χ2n) is 3.92. The lowest BCUT2D eigenvalue weighted by molar-refractivity contribution is -0.136. The zero-order valence-corrected chi connectivity index (χ0v) is 11.2. The minimum Gasteiger partial charge on any atom is -0.466 e. The maximum Gasteiger partial charge on any atom is 0.333 e. The fraction of sp³-hybridized carbons (Fsp3) is 0.308. The highest BCUT2D eigenvalue weighted by Gasteiger charge is 2.19. The molecule has 0 saturated carbocycles. The summed E-state index contributed by atoms with van der Waals surface area (Å²) in [7, 11) is 1.42. The number of esters is 1. The summed E-state index contributed by atoms with van der Waals surface area (Å²) in [6.07, 6.45) is 2.66. The van der Waals surface area contributed by atoms with Crippen molar-refractivity contribution in [2.45, 2.75) is 12.5 Å². The molecule has 1 heterocycles. The van der Waals surface area contributed by atoms with Crippen LogP contribution in [0.15, 0.2) is 40.4 Å². The molecule has 17 heavy (non-hydrogen) atoms. The predicted molar refractivity (Wildman–Crippen MR) is 69.6 cm³/mol. The molecule has 0 fully saturated rings. The van der Waals surface area contributed by atoms with Crippen molar-refractivity contribution >= 4 is 21.9 Å². The first-order valence-corrected chi connectivity index (χ1v) is 6.28. The Kier molecular flexibility index (Phi) is 3.97. The number of rotatable bonds is 2. The van der Waals surface area contributed by atoms with E-state index >= 15 is 0 Å². The van der Waals surface area contributed by atoms with Crippen molar-refractivity contribution in [1.82, 2.24) is 5.32 Å². The van der Waals surface area contributed by atoms with Crippen LogP contribution in [0.5, 0.6) is 0 Å². The summed E-state index contributed by atoms with van der Waals surface area (Å²) in [6.45, 7) is 0.790. The summed E-state index contributed by atoms with van der Waals surface area (Å²) >= 11 is 3.45. The van der Waals surface area contributed by atoms with Crippen LogP contribution in [0.3, 0.4) is 0 Å². The molecule has 4 heteroatoms. The molecule has 1 aromatic rings. The number of hydrogen-bond acceptors (Lipinski definition) is 3. The zero-order valence-electron chi connectivity index (χ0n) is 9.57. The third-order valence-electron chi connectivity index (χ3n) is 2.78. The van der Waals surface area contributed by atoms with Gasteiger partial charge in [0.2, 0.25) is 0 Å². The molecule has 0 aliphatic carbocycles. The summed E-state index contributed by atoms with van der Waals surface area (Å²) in [6, 6.07) is 8.14. The lowest BCUT2D eigenvalue weighted by Crippen LogP contribution is -2.27. The van der Waals surface area contributed by atoms with Gasteiger partial charge >= 0.3 is 5.97 Å². The zero-order chi connectivity index (χ0) is 12.3. The van der Waals surface area contributed by atoms with Gasteiger partial charge in [-0.1, -0.05) is 34.1 Å². The van der Waals surface area contributed by atoms with Crippen LogP contribution in [0.1, 0.15) is 18.0 Å². The van der Waals surface area contributed by atoms with Gasteiger partial charge in [0.05, 0.1) is 13.2 Å². The first-order chi connectivity index (χ1) is 8.20. The molecule has 0 aromatic heterocycles. The van der Waals surface area contributed by atoms with E-state index in [2.05, 4.69) is 21.2 Å². The number of carbonyl (C=O) groups is 1. The van der Waals surface area contributed by atoms with Gasteiger partial charge in [-0.25, -0.2) is 4.79 Å². The van der Waals surface area contributed by atoms with E-state index in [9.17, 15) is 4.79 Å². The Bertz CT molecular complexity index is 456. The first kappa shape index (κ1) is 12.3. The minimum absolute atomic E-state index is 0.0790. The Morgan fingerprint density at radius 2 is 2.35 bits per heavy atom. The van der Waals surface area contributed by atoms with Gasteiger partial charge < -0.3 is 10.1 Å². The Balaban J connectivity index is 2.25. The molecule has 2 rings (SSSR count). The van der Waals surface area contributed by atoms with Gasteiger partial charge in [-0.05, 0) is 24.1 Å². The van der Waals surface area contributed by atoms with E-state index in [-0.39, 0.29) is 12.0 Å². The van der Waals surface area contributed by atoms with Crippen LogP contribution in [0.2, 0.25) is 0 Å². The quantitative estimate of drug-likeness (QED) is 0.853. The second-order valence-corrected chi connectivity index (χ2v) is 4.84. The number of benzene rings is 1. The van der Waals surface area contributed by atoms with Gasteiger partial charge in [-0.15, -0.1) is 0 Å². The van der Waals surface area contributed by atoms with Crippen LogP contribution < -0.4 is 5.32 Å². The number of ether oxygens (including phenoxy) is 1. The Labute approximate surface area is 109 Å². The molecule has 1 aliphatic rings. The third-order valence-corrected chi connectivity index (χ3v) is 3.28. The van der Waals surface area contributed by atoms with Gasteiger partial charge in [0.15, 0.2) is 0 Å². The first-order valence-electron chi connectivity index (χ1n) is 5.48. The van der Waals surface area contributed by atoms with Crippen LogP contribution in [0, 0.1) is 0 Å². The highest BCUT2D eigenvalue weighted by atomic mass is 79.9. The van der Waals surface area contributed by atoms with Gasteiger partial charge in [0.1, 0.15) is 0 Å². The van der Waals surface area contributed by atoms with Crippen molar-refractivity contribution in [3.8, 4) is 0 Å². The fourth-order valence-electron chi connectivity index (χ4n) is 1.92. The topological polar surface area (TPSA) is 38.3 Å². The Morgan fingerprint density at radius 1 is 1.53 bits per heavy atom. The normalized spacial score (nSPS) is 19.6. The van der Waals surface area contributed by atoms with E-state index < -0.39 is 0 Å². The summed E-state index contributed by atoms with van der Waals surface area (Å²) in [5.74, 6) is -0.230. The fourth-order valence-corrected chi connectivity index (χ4v) is 2.34. The SMILES string of the molecule is COC(=O)C1=CC(c2cccc(Br)c2)NCC1. The van der Waals surface area contributed by atoms with Gasteiger partial charge in [0, 0.05) is 16.6 Å². The lowest BCUT2D eigenvalue weighted by Gasteiger charge is -2.22. The molecular weight excluding hydrogens is 282 g/mol. The maximum atomic E-state index is 11.5. The van der Waals surface area contributed by atoms with Crippen molar-refractivity contribution in [2.75, 3.05) is 13.7 Å². The highest BCUT2D eigenvalue weighted by molar-refractivity contribution is 9.10. The standard InChI is InChI=1S/C13H14BrNO2/c1-17-13(16)10-5-6-15-12(8-10)9-3-2-4-11(14)7-9/h2-4,7-8,12,15H,5-6H2,1H3. The lowest BCUT2D eigenvalue weighted by atomic mass is 9.99. The molecule has 0 bridgehead atoms. The van der Waals surface area contributed by atoms with Gasteiger partial charge in [-0.3, -0.25) is 0 Å². The molecule has 0 amide bonds. The molecule has 1 unspecified atom stereocenters. The van der Waals surface area contributed by atoms with Crippen LogP contribution >= 0.6 is 15.9 Å². The monoisotopic (exact) mass is 295 g/mol. The van der Waals surface area contributed by atoms with Crippen molar-refractivity contribution < 1.29 is 9.53 Å². The van der Waals surface area contributed by atoms with Crippen LogP contribution in [0.25, 0.3) is 0 Å². The molecule has 0 spiro atoms. The predicted octanol–water partition coefficient (Wildman–Crippen LogP) is 2.58. The van der Waals surface area contributed by atoms with E-state index in [4.69, 9.17) is 4.74 Å². The molecule has 90 valence electrons. The third kappa shape index (κ3) is 2.96. The summed E-state index contributed by atoms with van der Waals surface area (Å²) in [5.41, 5.74) is 1.89. The highest BCUT2D eigenvalue weighted by Crippen LogP contribution is 2.24. The number of carbonyl (C=O) groups excluding carboxylic acids is 1. The Morgan fingerprint density at radius 3 is 3.06 bits per heavy atom.